The molecule has 0 saturated heterocycles. The smallest absolute Gasteiger partial charge is 0.168 e. The summed E-state index contributed by atoms with van der Waals surface area (Å²) in [5, 5.41) is 14.4. The fourth-order valence-corrected chi connectivity index (χ4v) is 2.67. The first-order valence-corrected chi connectivity index (χ1v) is 7.71. The van der Waals surface area contributed by atoms with Gasteiger partial charge in [-0.05, 0) is 30.9 Å². The Morgan fingerprint density at radius 3 is 2.86 bits per heavy atom. The van der Waals surface area contributed by atoms with E-state index in [-0.39, 0.29) is 17.5 Å². The van der Waals surface area contributed by atoms with Crippen LogP contribution >= 0.6 is 0 Å². The van der Waals surface area contributed by atoms with Gasteiger partial charge in [0.1, 0.15) is 12.4 Å². The molecule has 2 rings (SSSR count). The first-order valence-electron chi connectivity index (χ1n) is 7.71. The van der Waals surface area contributed by atoms with E-state index in [1.54, 1.807) is 12.4 Å². The standard InChI is InChI=1S/C17H22N2O3/c1-3-6-14(19-22-4-2)17-15(20)9-13(10-16(17)21)12-7-5-8-18-11-12/h5,7-8,11,13,20H,3-4,6,9-10H2,1-2H3/b19-14+. The molecule has 0 radical (unpaired) electrons. The third-order valence-corrected chi connectivity index (χ3v) is 3.67. The Hall–Kier alpha value is -2.17. The van der Waals surface area contributed by atoms with Crippen molar-refractivity contribution in [2.24, 2.45) is 5.16 Å². The molecule has 1 aliphatic carbocycles. The molecular weight excluding hydrogens is 280 g/mol. The van der Waals surface area contributed by atoms with Gasteiger partial charge >= 0.3 is 0 Å². The third-order valence-electron chi connectivity index (χ3n) is 3.67. The number of oxime groups is 1. The fourth-order valence-electron chi connectivity index (χ4n) is 2.67. The van der Waals surface area contributed by atoms with Crippen LogP contribution in [0.1, 0.15) is 51.0 Å². The number of aromatic nitrogens is 1. The number of aliphatic hydroxyl groups excluding tert-OH is 1. The van der Waals surface area contributed by atoms with Gasteiger partial charge in [0.2, 0.25) is 0 Å². The van der Waals surface area contributed by atoms with E-state index in [4.69, 9.17) is 4.84 Å². The summed E-state index contributed by atoms with van der Waals surface area (Å²) >= 11 is 0. The lowest BCUT2D eigenvalue weighted by Gasteiger charge is -2.24. The zero-order valence-corrected chi connectivity index (χ0v) is 13.1. The van der Waals surface area contributed by atoms with Crippen LogP contribution in [0.4, 0.5) is 0 Å². The molecule has 0 saturated carbocycles. The Kier molecular flexibility index (Phi) is 5.69. The molecule has 5 nitrogen and oxygen atoms in total. The van der Waals surface area contributed by atoms with E-state index in [9.17, 15) is 9.90 Å². The molecule has 0 bridgehead atoms. The number of allylic oxidation sites excluding steroid dienone is 2. The second kappa shape index (κ2) is 7.73. The third kappa shape index (κ3) is 3.72. The van der Waals surface area contributed by atoms with Gasteiger partial charge in [-0.15, -0.1) is 0 Å². The largest absolute Gasteiger partial charge is 0.511 e. The molecule has 0 spiro atoms. The number of nitrogens with zero attached hydrogens (tertiary/aromatic N) is 2. The molecule has 1 atom stereocenters. The number of hydrogen-bond donors (Lipinski definition) is 1. The highest BCUT2D eigenvalue weighted by Gasteiger charge is 2.31. The van der Waals surface area contributed by atoms with Crippen LogP contribution in [-0.4, -0.2) is 28.2 Å². The number of Topliss-reactive ketones (excluding diaryl/α,β-unsaturated/α-hetero) is 1. The van der Waals surface area contributed by atoms with Gasteiger partial charge in [-0.2, -0.15) is 0 Å². The van der Waals surface area contributed by atoms with Crippen molar-refractivity contribution in [2.45, 2.75) is 45.4 Å². The average molecular weight is 302 g/mol. The van der Waals surface area contributed by atoms with Gasteiger partial charge in [0.05, 0.1) is 11.3 Å². The molecule has 5 heteroatoms. The van der Waals surface area contributed by atoms with Crippen LogP contribution in [0.2, 0.25) is 0 Å². The second-order valence-electron chi connectivity index (χ2n) is 5.34. The summed E-state index contributed by atoms with van der Waals surface area (Å²) in [6.45, 7) is 4.28. The SMILES string of the molecule is CCC/C(=N\OCC)C1=C(O)CC(c2cccnc2)CC1=O. The Morgan fingerprint density at radius 2 is 2.27 bits per heavy atom. The molecule has 0 aliphatic heterocycles. The van der Waals surface area contributed by atoms with Crippen LogP contribution in [0.5, 0.6) is 0 Å². The van der Waals surface area contributed by atoms with Crippen LogP contribution in [-0.2, 0) is 9.63 Å². The average Bonchev–Trinajstić information content (AvgIpc) is 2.52. The maximum atomic E-state index is 12.5. The van der Waals surface area contributed by atoms with E-state index < -0.39 is 0 Å². The van der Waals surface area contributed by atoms with Gasteiger partial charge < -0.3 is 9.94 Å². The summed E-state index contributed by atoms with van der Waals surface area (Å²) in [5.74, 6) is 0.00133. The first-order chi connectivity index (χ1) is 10.7. The number of hydrogen-bond acceptors (Lipinski definition) is 5. The minimum atomic E-state index is -0.0792. The number of rotatable bonds is 6. The van der Waals surface area contributed by atoms with Crippen molar-refractivity contribution >= 4 is 11.5 Å². The number of aliphatic hydroxyl groups is 1. The summed E-state index contributed by atoms with van der Waals surface area (Å²) in [4.78, 5) is 21.7. The fraction of sp³-hybridized carbons (Fsp3) is 0.471. The highest BCUT2D eigenvalue weighted by Crippen LogP contribution is 2.34. The Morgan fingerprint density at radius 1 is 1.45 bits per heavy atom. The van der Waals surface area contributed by atoms with E-state index in [0.717, 1.165) is 12.0 Å². The predicted octanol–water partition coefficient (Wildman–Crippen LogP) is 3.53. The minimum absolute atomic E-state index is 0.0279. The van der Waals surface area contributed by atoms with Crippen molar-refractivity contribution < 1.29 is 14.7 Å². The highest BCUT2D eigenvalue weighted by molar-refractivity contribution is 6.23. The first kappa shape index (κ1) is 16.2. The molecule has 1 N–H and O–H groups in total. The van der Waals surface area contributed by atoms with Gasteiger partial charge in [-0.3, -0.25) is 9.78 Å². The zero-order valence-electron chi connectivity index (χ0n) is 13.1. The molecule has 0 amide bonds. The zero-order chi connectivity index (χ0) is 15.9. The molecule has 0 fully saturated rings. The topological polar surface area (TPSA) is 71.8 Å². The summed E-state index contributed by atoms with van der Waals surface area (Å²) in [6, 6.07) is 3.78. The van der Waals surface area contributed by atoms with E-state index in [2.05, 4.69) is 10.1 Å². The van der Waals surface area contributed by atoms with Gasteiger partial charge in [0, 0.05) is 25.2 Å². The van der Waals surface area contributed by atoms with Crippen molar-refractivity contribution in [3.8, 4) is 0 Å². The minimum Gasteiger partial charge on any atom is -0.511 e. The van der Waals surface area contributed by atoms with E-state index in [1.807, 2.05) is 26.0 Å². The Balaban J connectivity index is 2.27. The quantitative estimate of drug-likeness (QED) is 0.644. The monoisotopic (exact) mass is 302 g/mol. The lowest BCUT2D eigenvalue weighted by atomic mass is 9.81. The van der Waals surface area contributed by atoms with Crippen LogP contribution in [0.3, 0.4) is 0 Å². The van der Waals surface area contributed by atoms with Crippen LogP contribution in [0.25, 0.3) is 0 Å². The Labute approximate surface area is 130 Å². The van der Waals surface area contributed by atoms with Gasteiger partial charge in [0.25, 0.3) is 0 Å². The van der Waals surface area contributed by atoms with Crippen molar-refractivity contribution in [3.63, 3.8) is 0 Å². The molecule has 1 aliphatic rings. The molecule has 1 unspecified atom stereocenters. The van der Waals surface area contributed by atoms with Crippen LogP contribution in [0, 0.1) is 0 Å². The molecule has 0 aromatic carbocycles. The molecule has 1 aromatic heterocycles. The van der Waals surface area contributed by atoms with Crippen molar-refractivity contribution in [1.29, 1.82) is 0 Å². The highest BCUT2D eigenvalue weighted by atomic mass is 16.6. The summed E-state index contributed by atoms with van der Waals surface area (Å²) < 4.78 is 0. The van der Waals surface area contributed by atoms with E-state index in [0.29, 0.717) is 37.2 Å². The van der Waals surface area contributed by atoms with Gasteiger partial charge in [0.15, 0.2) is 5.78 Å². The summed E-state index contributed by atoms with van der Waals surface area (Å²) in [5.41, 5.74) is 1.87. The number of pyridine rings is 1. The Bertz CT molecular complexity index is 579. The van der Waals surface area contributed by atoms with E-state index in [1.165, 1.54) is 0 Å². The molecule has 118 valence electrons. The maximum Gasteiger partial charge on any atom is 0.168 e. The molecular formula is C17H22N2O3. The maximum absolute atomic E-state index is 12.5. The van der Waals surface area contributed by atoms with Crippen LogP contribution in [0.15, 0.2) is 41.0 Å². The van der Waals surface area contributed by atoms with Gasteiger partial charge in [-0.1, -0.05) is 24.6 Å². The van der Waals surface area contributed by atoms with Crippen LogP contribution < -0.4 is 0 Å². The predicted molar refractivity (Wildman–Crippen MR) is 84.8 cm³/mol. The molecule has 1 aromatic rings. The number of carbonyl (C=O) groups is 1. The van der Waals surface area contributed by atoms with E-state index >= 15 is 0 Å². The van der Waals surface area contributed by atoms with Crippen molar-refractivity contribution in [1.82, 2.24) is 4.98 Å². The van der Waals surface area contributed by atoms with Crippen molar-refractivity contribution in [3.05, 3.63) is 41.4 Å². The summed E-state index contributed by atoms with van der Waals surface area (Å²) in [6.07, 6.45) is 5.69. The molecule has 1 heterocycles. The molecule has 22 heavy (non-hydrogen) atoms. The second-order valence-corrected chi connectivity index (χ2v) is 5.34. The number of ketones is 1. The lowest BCUT2D eigenvalue weighted by molar-refractivity contribution is -0.116. The van der Waals surface area contributed by atoms with Gasteiger partial charge in [-0.25, -0.2) is 0 Å². The lowest BCUT2D eigenvalue weighted by Crippen LogP contribution is -2.24. The summed E-state index contributed by atoms with van der Waals surface area (Å²) in [7, 11) is 0. The van der Waals surface area contributed by atoms with Crippen molar-refractivity contribution in [2.75, 3.05) is 6.61 Å². The normalized spacial score (nSPS) is 19.5. The number of carbonyl (C=O) groups excluding carboxylic acids is 1.